The number of hydrogen-bond donors (Lipinski definition) is 1. The molecule has 0 aromatic heterocycles. The number of ether oxygens (including phenoxy) is 1. The molecule has 1 aliphatic heterocycles. The molecule has 4 heteroatoms. The first kappa shape index (κ1) is 14.3. The Kier molecular flexibility index (Phi) is 4.32. The quantitative estimate of drug-likeness (QED) is 0.856. The van der Waals surface area contributed by atoms with Crippen LogP contribution in [0.15, 0.2) is 0 Å². The number of likely N-dealkylation sites (tertiary alicyclic amines) is 1. The molecular formula is C16H28N2O2. The van der Waals surface area contributed by atoms with Gasteiger partial charge in [0.2, 0.25) is 0 Å². The van der Waals surface area contributed by atoms with Crippen LogP contribution in [0.3, 0.4) is 0 Å². The maximum absolute atomic E-state index is 12.7. The van der Waals surface area contributed by atoms with Crippen LogP contribution >= 0.6 is 0 Å². The minimum Gasteiger partial charge on any atom is -0.365 e. The Bertz CT molecular complexity index is 348. The second-order valence-electron chi connectivity index (χ2n) is 6.85. The van der Waals surface area contributed by atoms with Crippen molar-refractivity contribution >= 4 is 5.91 Å². The van der Waals surface area contributed by atoms with E-state index in [1.165, 1.54) is 19.3 Å². The number of carbonyl (C=O) groups excluding carboxylic acids is 1. The summed E-state index contributed by atoms with van der Waals surface area (Å²) in [5.74, 6) is 1.38. The summed E-state index contributed by atoms with van der Waals surface area (Å²) < 4.78 is 6.06. The SMILES string of the molecule is CCC(OC1CCCC1)C(=O)N1CC2CCC(N)C2C1. The minimum absolute atomic E-state index is 0.209. The molecule has 20 heavy (non-hydrogen) atoms. The van der Waals surface area contributed by atoms with Crippen LogP contribution in [0.25, 0.3) is 0 Å². The molecule has 2 aliphatic carbocycles. The summed E-state index contributed by atoms with van der Waals surface area (Å²) in [6.45, 7) is 3.82. The van der Waals surface area contributed by atoms with Gasteiger partial charge >= 0.3 is 0 Å². The summed E-state index contributed by atoms with van der Waals surface area (Å²) in [6.07, 6.45) is 7.94. The van der Waals surface area contributed by atoms with E-state index in [4.69, 9.17) is 10.5 Å². The number of nitrogens with zero attached hydrogens (tertiary/aromatic N) is 1. The fraction of sp³-hybridized carbons (Fsp3) is 0.938. The van der Waals surface area contributed by atoms with Crippen LogP contribution in [0, 0.1) is 11.8 Å². The molecule has 4 atom stereocenters. The summed E-state index contributed by atoms with van der Waals surface area (Å²) in [5.41, 5.74) is 6.15. The molecule has 3 rings (SSSR count). The lowest BCUT2D eigenvalue weighted by Gasteiger charge is -2.26. The largest absolute Gasteiger partial charge is 0.365 e. The monoisotopic (exact) mass is 280 g/mol. The molecule has 4 nitrogen and oxygen atoms in total. The molecule has 1 saturated heterocycles. The van der Waals surface area contributed by atoms with E-state index in [0.29, 0.717) is 24.0 Å². The summed E-state index contributed by atoms with van der Waals surface area (Å²) in [5, 5.41) is 0. The number of fused-ring (bicyclic) bond motifs is 1. The van der Waals surface area contributed by atoms with Crippen LogP contribution < -0.4 is 5.73 Å². The van der Waals surface area contributed by atoms with E-state index in [1.807, 2.05) is 4.90 Å². The van der Waals surface area contributed by atoms with Gasteiger partial charge in [-0.15, -0.1) is 0 Å². The van der Waals surface area contributed by atoms with Crippen LogP contribution in [0.2, 0.25) is 0 Å². The first-order valence-electron chi connectivity index (χ1n) is 8.39. The van der Waals surface area contributed by atoms with Crippen molar-refractivity contribution in [3.63, 3.8) is 0 Å². The molecule has 0 aromatic rings. The molecule has 0 radical (unpaired) electrons. The van der Waals surface area contributed by atoms with Crippen molar-refractivity contribution in [2.75, 3.05) is 13.1 Å². The zero-order valence-corrected chi connectivity index (χ0v) is 12.6. The van der Waals surface area contributed by atoms with E-state index in [-0.39, 0.29) is 12.0 Å². The van der Waals surface area contributed by atoms with Crippen molar-refractivity contribution in [3.8, 4) is 0 Å². The van der Waals surface area contributed by atoms with Crippen LogP contribution in [0.4, 0.5) is 0 Å². The molecule has 0 aromatic carbocycles. The van der Waals surface area contributed by atoms with Gasteiger partial charge in [-0.3, -0.25) is 4.79 Å². The molecule has 1 amide bonds. The third-order valence-corrected chi connectivity index (χ3v) is 5.53. The van der Waals surface area contributed by atoms with Crippen molar-refractivity contribution in [1.29, 1.82) is 0 Å². The first-order valence-corrected chi connectivity index (χ1v) is 8.39. The highest BCUT2D eigenvalue weighted by molar-refractivity contribution is 5.81. The Hall–Kier alpha value is -0.610. The van der Waals surface area contributed by atoms with E-state index in [2.05, 4.69) is 6.92 Å². The summed E-state index contributed by atoms with van der Waals surface area (Å²) in [6, 6.07) is 0.300. The Labute approximate surface area is 122 Å². The first-order chi connectivity index (χ1) is 9.69. The van der Waals surface area contributed by atoms with Gasteiger partial charge in [-0.05, 0) is 43.9 Å². The lowest BCUT2D eigenvalue weighted by atomic mass is 9.98. The molecule has 2 saturated carbocycles. The van der Waals surface area contributed by atoms with Gasteiger partial charge in [-0.2, -0.15) is 0 Å². The van der Waals surface area contributed by atoms with Gasteiger partial charge in [-0.25, -0.2) is 0 Å². The Morgan fingerprint density at radius 1 is 1.25 bits per heavy atom. The summed E-state index contributed by atoms with van der Waals surface area (Å²) in [7, 11) is 0. The summed E-state index contributed by atoms with van der Waals surface area (Å²) in [4.78, 5) is 14.7. The maximum atomic E-state index is 12.7. The number of rotatable bonds is 4. The van der Waals surface area contributed by atoms with E-state index < -0.39 is 0 Å². The maximum Gasteiger partial charge on any atom is 0.251 e. The molecule has 0 spiro atoms. The summed E-state index contributed by atoms with van der Waals surface area (Å²) >= 11 is 0. The average molecular weight is 280 g/mol. The van der Waals surface area contributed by atoms with Gasteiger partial charge in [0.1, 0.15) is 6.10 Å². The second-order valence-corrected chi connectivity index (χ2v) is 6.85. The average Bonchev–Trinajstić information content (AvgIpc) is 3.14. The Morgan fingerprint density at radius 2 is 2.00 bits per heavy atom. The Morgan fingerprint density at radius 3 is 2.65 bits per heavy atom. The topological polar surface area (TPSA) is 55.6 Å². The van der Waals surface area contributed by atoms with Crippen LogP contribution in [0.1, 0.15) is 51.9 Å². The molecule has 1 heterocycles. The van der Waals surface area contributed by atoms with E-state index in [0.717, 1.165) is 38.8 Å². The second kappa shape index (κ2) is 6.02. The zero-order valence-electron chi connectivity index (χ0n) is 12.6. The molecular weight excluding hydrogens is 252 g/mol. The fourth-order valence-corrected chi connectivity index (χ4v) is 4.28. The van der Waals surface area contributed by atoms with Gasteiger partial charge in [0, 0.05) is 19.1 Å². The van der Waals surface area contributed by atoms with Crippen molar-refractivity contribution in [3.05, 3.63) is 0 Å². The van der Waals surface area contributed by atoms with E-state index in [9.17, 15) is 4.79 Å². The van der Waals surface area contributed by atoms with Gasteiger partial charge in [0.05, 0.1) is 6.10 Å². The standard InChI is InChI=1S/C16H28N2O2/c1-2-15(20-12-5-3-4-6-12)16(19)18-9-11-7-8-14(17)13(11)10-18/h11-15H,2-10,17H2,1H3. The highest BCUT2D eigenvalue weighted by atomic mass is 16.5. The lowest BCUT2D eigenvalue weighted by molar-refractivity contribution is -0.147. The third-order valence-electron chi connectivity index (χ3n) is 5.53. The van der Waals surface area contributed by atoms with Crippen molar-refractivity contribution < 1.29 is 9.53 Å². The van der Waals surface area contributed by atoms with E-state index >= 15 is 0 Å². The van der Waals surface area contributed by atoms with Crippen LogP contribution in [-0.4, -0.2) is 42.1 Å². The molecule has 2 N–H and O–H groups in total. The fourth-order valence-electron chi connectivity index (χ4n) is 4.28. The van der Waals surface area contributed by atoms with Crippen LogP contribution in [-0.2, 0) is 9.53 Å². The van der Waals surface area contributed by atoms with Crippen molar-refractivity contribution in [1.82, 2.24) is 4.90 Å². The molecule has 3 aliphatic rings. The number of carbonyl (C=O) groups is 1. The molecule has 3 fully saturated rings. The Balaban J connectivity index is 1.57. The van der Waals surface area contributed by atoms with Crippen LogP contribution in [0.5, 0.6) is 0 Å². The number of amides is 1. The number of hydrogen-bond acceptors (Lipinski definition) is 3. The third kappa shape index (κ3) is 2.73. The minimum atomic E-state index is -0.229. The van der Waals surface area contributed by atoms with E-state index in [1.54, 1.807) is 0 Å². The molecule has 4 unspecified atom stereocenters. The van der Waals surface area contributed by atoms with Crippen molar-refractivity contribution in [2.24, 2.45) is 17.6 Å². The smallest absolute Gasteiger partial charge is 0.251 e. The van der Waals surface area contributed by atoms with Gasteiger partial charge in [0.25, 0.3) is 5.91 Å². The normalized spacial score (nSPS) is 35.5. The highest BCUT2D eigenvalue weighted by Gasteiger charge is 2.43. The predicted molar refractivity (Wildman–Crippen MR) is 78.2 cm³/mol. The van der Waals surface area contributed by atoms with Gasteiger partial charge < -0.3 is 15.4 Å². The number of nitrogens with two attached hydrogens (primary N) is 1. The van der Waals surface area contributed by atoms with Gasteiger partial charge in [-0.1, -0.05) is 19.8 Å². The predicted octanol–water partition coefficient (Wildman–Crippen LogP) is 1.92. The molecule has 0 bridgehead atoms. The zero-order chi connectivity index (χ0) is 14.1. The molecule has 114 valence electrons. The van der Waals surface area contributed by atoms with Gasteiger partial charge in [0.15, 0.2) is 0 Å². The van der Waals surface area contributed by atoms with Crippen molar-refractivity contribution in [2.45, 2.75) is 70.1 Å². The lowest BCUT2D eigenvalue weighted by Crippen LogP contribution is -2.41. The highest BCUT2D eigenvalue weighted by Crippen LogP contribution is 2.37.